The predicted molar refractivity (Wildman–Crippen MR) is 34.2 cm³/mol. The first-order valence-electron chi connectivity index (χ1n) is 3.37. The van der Waals surface area contributed by atoms with Crippen molar-refractivity contribution < 1.29 is 26.6 Å². The summed E-state index contributed by atoms with van der Waals surface area (Å²) >= 11 is 0. The average molecular weight is 230 g/mol. The minimum atomic E-state index is -2.12. The van der Waals surface area contributed by atoms with Gasteiger partial charge in [-0.25, -0.2) is 4.39 Å². The van der Waals surface area contributed by atoms with E-state index < -0.39 is 44.9 Å². The second kappa shape index (κ2) is 2.89. The number of hydrazine groups is 2. The number of fused-ring (bicyclic) bond motifs is 1. The van der Waals surface area contributed by atoms with Crippen LogP contribution in [0.3, 0.4) is 0 Å². The maximum absolute atomic E-state index is 12.8. The molecule has 0 aliphatic carbocycles. The van der Waals surface area contributed by atoms with E-state index in [0.717, 1.165) is 0 Å². The van der Waals surface area contributed by atoms with Crippen LogP contribution in [0, 0.1) is 17.6 Å². The van der Waals surface area contributed by atoms with Gasteiger partial charge < -0.3 is 0 Å². The average Bonchev–Trinajstić information content (AvgIpc) is 2.40. The van der Waals surface area contributed by atoms with Crippen molar-refractivity contribution >= 4 is 11.5 Å². The van der Waals surface area contributed by atoms with Crippen LogP contribution < -0.4 is 10.5 Å². The topological polar surface area (TPSA) is 22.6 Å². The summed E-state index contributed by atoms with van der Waals surface area (Å²) in [5.41, 5.74) is -1.49. The van der Waals surface area contributed by atoms with E-state index >= 15 is 0 Å². The van der Waals surface area contributed by atoms with Crippen molar-refractivity contribution in [3.05, 3.63) is 17.6 Å². The smallest absolute Gasteiger partial charge is 0.201 e. The first kappa shape index (κ1) is 9.83. The van der Waals surface area contributed by atoms with Crippen LogP contribution in [0.4, 0.5) is 38.1 Å². The Morgan fingerprint density at radius 2 is 1.47 bits per heavy atom. The lowest BCUT2D eigenvalue weighted by molar-refractivity contribution is -0.0821. The number of aromatic nitrogens is 1. The third-order valence-corrected chi connectivity index (χ3v) is 1.65. The van der Waals surface area contributed by atoms with Crippen molar-refractivity contribution in [1.29, 1.82) is 0 Å². The first-order chi connectivity index (χ1) is 6.95. The maximum Gasteiger partial charge on any atom is 0.254 e. The van der Waals surface area contributed by atoms with Crippen LogP contribution in [0.1, 0.15) is 0 Å². The fourth-order valence-corrected chi connectivity index (χ4v) is 1.01. The summed E-state index contributed by atoms with van der Waals surface area (Å²) in [4.78, 5) is 2.50. The molecule has 4 nitrogen and oxygen atoms in total. The van der Waals surface area contributed by atoms with Crippen LogP contribution in [0.5, 0.6) is 0 Å². The summed E-state index contributed by atoms with van der Waals surface area (Å²) < 4.78 is 75.6. The number of hydrogen-bond acceptors (Lipinski definition) is 4. The van der Waals surface area contributed by atoms with Gasteiger partial charge in [0.2, 0.25) is 11.6 Å². The van der Waals surface area contributed by atoms with Gasteiger partial charge in [-0.2, -0.15) is 13.8 Å². The molecule has 1 aromatic rings. The van der Waals surface area contributed by atoms with Gasteiger partial charge >= 0.3 is 0 Å². The molecule has 0 bridgehead atoms. The molecule has 0 unspecified atom stereocenters. The molecule has 15 heavy (non-hydrogen) atoms. The number of pyridine rings is 1. The van der Waals surface area contributed by atoms with E-state index in [9.17, 15) is 26.6 Å². The first-order valence-corrected chi connectivity index (χ1v) is 3.37. The Bertz CT molecular complexity index is 424. The molecule has 1 aliphatic rings. The van der Waals surface area contributed by atoms with E-state index in [-0.39, 0.29) is 0 Å². The lowest BCUT2D eigenvalue weighted by Crippen LogP contribution is -2.33. The number of hydrogen-bond donors (Lipinski definition) is 0. The van der Waals surface area contributed by atoms with Crippen LogP contribution in [-0.2, 0) is 0 Å². The Kier molecular flexibility index (Phi) is 1.89. The number of anilines is 2. The van der Waals surface area contributed by atoms with Crippen molar-refractivity contribution in [2.24, 2.45) is 0 Å². The van der Waals surface area contributed by atoms with Crippen molar-refractivity contribution in [1.82, 2.24) is 10.3 Å². The second-order valence-electron chi connectivity index (χ2n) is 2.46. The van der Waals surface area contributed by atoms with Crippen molar-refractivity contribution in [3.63, 3.8) is 0 Å². The largest absolute Gasteiger partial charge is 0.254 e. The Morgan fingerprint density at radius 3 is 2.07 bits per heavy atom. The minimum absolute atomic E-state index is 1.12. The minimum Gasteiger partial charge on any atom is -0.201 e. The zero-order valence-corrected chi connectivity index (χ0v) is 6.56. The van der Waals surface area contributed by atoms with E-state index in [4.69, 9.17) is 0 Å². The van der Waals surface area contributed by atoms with Crippen molar-refractivity contribution in [2.45, 2.75) is 0 Å². The monoisotopic (exact) mass is 230 g/mol. The van der Waals surface area contributed by atoms with E-state index in [1.165, 1.54) is 0 Å². The van der Waals surface area contributed by atoms with Gasteiger partial charge in [0.15, 0.2) is 11.5 Å². The summed E-state index contributed by atoms with van der Waals surface area (Å²) in [5, 5.41) is -3.67. The summed E-state index contributed by atoms with van der Waals surface area (Å²) in [6, 6.07) is 0. The van der Waals surface area contributed by atoms with Gasteiger partial charge in [0, 0.05) is 0 Å². The highest BCUT2D eigenvalue weighted by Crippen LogP contribution is 2.41. The lowest BCUT2D eigenvalue weighted by atomic mass is 10.3. The van der Waals surface area contributed by atoms with E-state index in [2.05, 4.69) is 4.98 Å². The molecule has 0 atom stereocenters. The summed E-state index contributed by atoms with van der Waals surface area (Å²) in [5.74, 6) is -7.57. The van der Waals surface area contributed by atoms with Gasteiger partial charge in [-0.15, -0.1) is 0 Å². The SMILES string of the molecule is Fc1nc2c(c(F)c1F)N(F)N(F)N2F. The molecule has 2 rings (SSSR count). The summed E-state index contributed by atoms with van der Waals surface area (Å²) in [6.07, 6.45) is 0. The molecule has 0 aromatic carbocycles. The van der Waals surface area contributed by atoms with Crippen molar-refractivity contribution in [3.8, 4) is 0 Å². The molecule has 10 heteroatoms. The highest BCUT2D eigenvalue weighted by atomic mass is 19.3. The Morgan fingerprint density at radius 1 is 0.867 bits per heavy atom. The summed E-state index contributed by atoms with van der Waals surface area (Å²) in [7, 11) is 0. The number of nitrogens with zero attached hydrogens (tertiary/aromatic N) is 4. The highest BCUT2D eigenvalue weighted by molar-refractivity contribution is 5.68. The molecule has 0 radical (unpaired) electrons. The van der Waals surface area contributed by atoms with E-state index in [0.29, 0.717) is 0 Å². The van der Waals surface area contributed by atoms with Gasteiger partial charge in [-0.3, -0.25) is 0 Å². The standard InChI is InChI=1S/C5F6N4/c6-1-2(7)4(8)12-5-3(1)13(9)15(11)14(5)10. The quantitative estimate of drug-likeness (QED) is 0.385. The Balaban J connectivity index is 2.70. The van der Waals surface area contributed by atoms with Crippen LogP contribution in [0.25, 0.3) is 0 Å². The normalized spacial score (nSPS) is 16.1. The Hall–Kier alpha value is -1.71. The lowest BCUT2D eigenvalue weighted by Gasteiger charge is -2.10. The third-order valence-electron chi connectivity index (χ3n) is 1.65. The van der Waals surface area contributed by atoms with Gasteiger partial charge in [0.05, 0.1) is 0 Å². The van der Waals surface area contributed by atoms with Gasteiger partial charge in [0.1, 0.15) is 5.34 Å². The van der Waals surface area contributed by atoms with Crippen LogP contribution in [0.2, 0.25) is 0 Å². The number of halogens is 6. The molecule has 0 N–H and O–H groups in total. The molecule has 0 amide bonds. The molecule has 0 fully saturated rings. The van der Waals surface area contributed by atoms with Gasteiger partial charge in [0.25, 0.3) is 5.95 Å². The van der Waals surface area contributed by atoms with Crippen molar-refractivity contribution in [2.75, 3.05) is 10.5 Å². The zero-order valence-electron chi connectivity index (χ0n) is 6.56. The predicted octanol–water partition coefficient (Wildman–Crippen LogP) is 1.91. The van der Waals surface area contributed by atoms with Crippen LogP contribution in [-0.4, -0.2) is 10.3 Å². The fourth-order valence-electron chi connectivity index (χ4n) is 1.01. The molecule has 82 valence electrons. The molecule has 1 aromatic heterocycles. The molecular formula is C5F6N4. The van der Waals surface area contributed by atoms with Gasteiger partial charge in [-0.1, -0.05) is 23.9 Å². The van der Waals surface area contributed by atoms with E-state index in [1.807, 2.05) is 0 Å². The third kappa shape index (κ3) is 1.11. The maximum atomic E-state index is 12.8. The molecule has 0 spiro atoms. The molecule has 0 saturated carbocycles. The van der Waals surface area contributed by atoms with Gasteiger partial charge in [-0.05, 0) is 0 Å². The molecular weight excluding hydrogens is 230 g/mol. The number of rotatable bonds is 0. The molecule has 0 saturated heterocycles. The highest BCUT2D eigenvalue weighted by Gasteiger charge is 2.43. The van der Waals surface area contributed by atoms with Crippen LogP contribution in [0.15, 0.2) is 0 Å². The molecule has 1 aliphatic heterocycles. The summed E-state index contributed by atoms with van der Waals surface area (Å²) in [6.45, 7) is 0. The Labute approximate surface area is 77.7 Å². The van der Waals surface area contributed by atoms with Crippen LogP contribution >= 0.6 is 0 Å². The molecule has 2 heterocycles. The zero-order chi connectivity index (χ0) is 11.3. The van der Waals surface area contributed by atoms with E-state index in [1.54, 1.807) is 0 Å². The second-order valence-corrected chi connectivity index (χ2v) is 2.46. The fraction of sp³-hybridized carbons (Fsp3) is 0.